The van der Waals surface area contributed by atoms with Crippen LogP contribution < -0.4 is 15.0 Å². The summed E-state index contributed by atoms with van der Waals surface area (Å²) in [6.07, 6.45) is 0.856. The zero-order chi connectivity index (χ0) is 18.5. The van der Waals surface area contributed by atoms with Crippen LogP contribution in [0.25, 0.3) is 0 Å². The topological polar surface area (TPSA) is 58.6 Å². The second-order valence-corrected chi connectivity index (χ2v) is 6.45. The van der Waals surface area contributed by atoms with Gasteiger partial charge in [-0.1, -0.05) is 29.8 Å². The van der Waals surface area contributed by atoms with E-state index in [0.29, 0.717) is 36.0 Å². The van der Waals surface area contributed by atoms with E-state index in [9.17, 15) is 9.59 Å². The van der Waals surface area contributed by atoms with Gasteiger partial charge >= 0.3 is 0 Å². The Bertz CT molecular complexity index is 792. The smallest absolute Gasteiger partial charge is 0.251 e. The number of hydrogen-bond acceptors (Lipinski definition) is 4. The zero-order valence-electron chi connectivity index (χ0n) is 14.6. The third-order valence-corrected chi connectivity index (χ3v) is 4.66. The van der Waals surface area contributed by atoms with Crippen LogP contribution in [0, 0.1) is 0 Å². The summed E-state index contributed by atoms with van der Waals surface area (Å²) in [5.74, 6) is 0.289. The van der Waals surface area contributed by atoms with E-state index in [1.54, 1.807) is 24.3 Å². The van der Waals surface area contributed by atoms with Gasteiger partial charge in [0.1, 0.15) is 5.75 Å². The SMILES string of the molecule is CCOc1ccc(N2C(=O)CC(NCCc3ccccc3Cl)C2=O)cc1. The molecule has 1 atom stereocenters. The maximum atomic E-state index is 12.6. The van der Waals surface area contributed by atoms with Gasteiger partial charge in [0.05, 0.1) is 24.8 Å². The highest BCUT2D eigenvalue weighted by Crippen LogP contribution is 2.25. The molecule has 1 N–H and O–H groups in total. The van der Waals surface area contributed by atoms with Gasteiger partial charge in [-0.3, -0.25) is 9.59 Å². The molecule has 1 heterocycles. The lowest BCUT2D eigenvalue weighted by molar-refractivity contribution is -0.121. The van der Waals surface area contributed by atoms with E-state index in [-0.39, 0.29) is 18.2 Å². The molecule has 2 amide bonds. The standard InChI is InChI=1S/C20H21ClN2O3/c1-2-26-16-9-7-15(8-10-16)23-19(24)13-18(20(23)25)22-12-11-14-5-3-4-6-17(14)21/h3-10,18,22H,2,11-13H2,1H3. The molecule has 0 bridgehead atoms. The number of amides is 2. The summed E-state index contributed by atoms with van der Waals surface area (Å²) < 4.78 is 5.39. The molecule has 5 nitrogen and oxygen atoms in total. The normalized spacial score (nSPS) is 17.0. The monoisotopic (exact) mass is 372 g/mol. The molecule has 1 aliphatic heterocycles. The summed E-state index contributed by atoms with van der Waals surface area (Å²) in [5, 5.41) is 3.88. The maximum Gasteiger partial charge on any atom is 0.251 e. The van der Waals surface area contributed by atoms with Crippen molar-refractivity contribution < 1.29 is 14.3 Å². The number of nitrogens with zero attached hydrogens (tertiary/aromatic N) is 1. The molecule has 26 heavy (non-hydrogen) atoms. The zero-order valence-corrected chi connectivity index (χ0v) is 15.3. The molecule has 1 aliphatic rings. The number of ether oxygens (including phenoxy) is 1. The predicted molar refractivity (Wildman–Crippen MR) is 102 cm³/mol. The van der Waals surface area contributed by atoms with Crippen LogP contribution >= 0.6 is 11.6 Å². The Morgan fingerprint density at radius 2 is 1.88 bits per heavy atom. The van der Waals surface area contributed by atoms with Crippen molar-refractivity contribution >= 4 is 29.1 Å². The number of halogens is 1. The summed E-state index contributed by atoms with van der Waals surface area (Å²) in [4.78, 5) is 26.2. The highest BCUT2D eigenvalue weighted by Gasteiger charge is 2.39. The van der Waals surface area contributed by atoms with Gasteiger partial charge in [-0.05, 0) is 55.8 Å². The number of rotatable bonds is 7. The quantitative estimate of drug-likeness (QED) is 0.758. The lowest BCUT2D eigenvalue weighted by atomic mass is 10.1. The first-order chi connectivity index (χ1) is 12.6. The minimum absolute atomic E-state index is 0.161. The van der Waals surface area contributed by atoms with Crippen molar-refractivity contribution in [2.24, 2.45) is 0 Å². The lowest BCUT2D eigenvalue weighted by Gasteiger charge is -2.16. The van der Waals surface area contributed by atoms with Crippen molar-refractivity contribution in [3.63, 3.8) is 0 Å². The fourth-order valence-electron chi connectivity index (χ4n) is 3.00. The minimum Gasteiger partial charge on any atom is -0.494 e. The Hall–Kier alpha value is -2.37. The number of hydrogen-bond donors (Lipinski definition) is 1. The Morgan fingerprint density at radius 1 is 1.15 bits per heavy atom. The van der Waals surface area contributed by atoms with Gasteiger partial charge in [-0.2, -0.15) is 0 Å². The summed E-state index contributed by atoms with van der Waals surface area (Å²) >= 11 is 6.14. The average molecular weight is 373 g/mol. The molecule has 2 aromatic carbocycles. The van der Waals surface area contributed by atoms with Crippen molar-refractivity contribution in [3.8, 4) is 5.75 Å². The Kier molecular flexibility index (Phi) is 5.91. The molecule has 0 saturated carbocycles. The molecular formula is C20H21ClN2O3. The van der Waals surface area contributed by atoms with Crippen molar-refractivity contribution in [1.82, 2.24) is 5.32 Å². The van der Waals surface area contributed by atoms with E-state index in [2.05, 4.69) is 5.32 Å². The van der Waals surface area contributed by atoms with Gasteiger partial charge in [-0.15, -0.1) is 0 Å². The van der Waals surface area contributed by atoms with Crippen LogP contribution in [0.4, 0.5) is 5.69 Å². The molecule has 6 heteroatoms. The largest absolute Gasteiger partial charge is 0.494 e. The maximum absolute atomic E-state index is 12.6. The summed E-state index contributed by atoms with van der Waals surface area (Å²) in [6.45, 7) is 3.04. The van der Waals surface area contributed by atoms with Gasteiger partial charge in [-0.25, -0.2) is 4.90 Å². The Morgan fingerprint density at radius 3 is 2.58 bits per heavy atom. The van der Waals surface area contributed by atoms with E-state index in [4.69, 9.17) is 16.3 Å². The molecule has 136 valence electrons. The van der Waals surface area contributed by atoms with E-state index in [1.165, 1.54) is 4.90 Å². The predicted octanol–water partition coefficient (Wildman–Crippen LogP) is 3.20. The summed E-state index contributed by atoms with van der Waals surface area (Å²) in [5.41, 5.74) is 1.58. The fraction of sp³-hybridized carbons (Fsp3) is 0.300. The molecule has 2 aromatic rings. The number of nitrogens with one attached hydrogen (secondary N) is 1. The molecule has 0 spiro atoms. The first-order valence-electron chi connectivity index (χ1n) is 8.66. The molecule has 1 fully saturated rings. The van der Waals surface area contributed by atoms with E-state index >= 15 is 0 Å². The van der Waals surface area contributed by atoms with E-state index in [0.717, 1.165) is 5.56 Å². The number of imide groups is 1. The van der Waals surface area contributed by atoms with Crippen molar-refractivity contribution in [2.45, 2.75) is 25.8 Å². The van der Waals surface area contributed by atoms with Gasteiger partial charge in [0.2, 0.25) is 5.91 Å². The Labute approximate surface area is 157 Å². The Balaban J connectivity index is 1.60. The lowest BCUT2D eigenvalue weighted by Crippen LogP contribution is -2.39. The first-order valence-corrected chi connectivity index (χ1v) is 9.04. The van der Waals surface area contributed by atoms with Crippen LogP contribution in [0.5, 0.6) is 5.75 Å². The molecule has 0 aromatic heterocycles. The summed E-state index contributed by atoms with van der Waals surface area (Å²) in [7, 11) is 0. The highest BCUT2D eigenvalue weighted by atomic mass is 35.5. The van der Waals surface area contributed by atoms with Crippen LogP contribution in [0.1, 0.15) is 18.9 Å². The van der Waals surface area contributed by atoms with Gasteiger partial charge in [0, 0.05) is 5.02 Å². The third kappa shape index (κ3) is 4.06. The number of carbonyl (C=O) groups is 2. The molecular weight excluding hydrogens is 352 g/mol. The fourth-order valence-corrected chi connectivity index (χ4v) is 3.23. The van der Waals surface area contributed by atoms with Gasteiger partial charge in [0.25, 0.3) is 5.91 Å². The van der Waals surface area contributed by atoms with E-state index < -0.39 is 6.04 Å². The second kappa shape index (κ2) is 8.34. The highest BCUT2D eigenvalue weighted by molar-refractivity contribution is 6.31. The van der Waals surface area contributed by atoms with Gasteiger partial charge < -0.3 is 10.1 Å². The van der Waals surface area contributed by atoms with Crippen molar-refractivity contribution in [2.75, 3.05) is 18.1 Å². The second-order valence-electron chi connectivity index (χ2n) is 6.05. The molecule has 1 saturated heterocycles. The van der Waals surface area contributed by atoms with Crippen LogP contribution in [0.3, 0.4) is 0 Å². The minimum atomic E-state index is -0.503. The molecule has 0 aliphatic carbocycles. The molecule has 0 radical (unpaired) electrons. The van der Waals surface area contributed by atoms with Crippen LogP contribution in [-0.2, 0) is 16.0 Å². The molecule has 1 unspecified atom stereocenters. The van der Waals surface area contributed by atoms with Crippen molar-refractivity contribution in [3.05, 3.63) is 59.1 Å². The number of benzene rings is 2. The van der Waals surface area contributed by atoms with Crippen LogP contribution in [-0.4, -0.2) is 31.0 Å². The number of carbonyl (C=O) groups excluding carboxylic acids is 2. The van der Waals surface area contributed by atoms with E-state index in [1.807, 2.05) is 31.2 Å². The van der Waals surface area contributed by atoms with Crippen LogP contribution in [0.2, 0.25) is 5.02 Å². The summed E-state index contributed by atoms with van der Waals surface area (Å²) in [6, 6.07) is 14.1. The first kappa shape index (κ1) is 18.4. The molecule has 3 rings (SSSR count). The number of anilines is 1. The van der Waals surface area contributed by atoms with Crippen LogP contribution in [0.15, 0.2) is 48.5 Å². The average Bonchev–Trinajstić information content (AvgIpc) is 2.91. The third-order valence-electron chi connectivity index (χ3n) is 4.30. The van der Waals surface area contributed by atoms with Gasteiger partial charge in [0.15, 0.2) is 0 Å². The van der Waals surface area contributed by atoms with Crippen molar-refractivity contribution in [1.29, 1.82) is 0 Å².